The smallest absolute Gasteiger partial charge is 0.335 e. The van der Waals surface area contributed by atoms with E-state index in [4.69, 9.17) is 22.4 Å². The number of aliphatic hydroxyl groups is 1. The Hall–Kier alpha value is -1.28. The van der Waals surface area contributed by atoms with E-state index in [1.54, 1.807) is 6.07 Å². The number of aromatic nitrogens is 3. The summed E-state index contributed by atoms with van der Waals surface area (Å²) in [6.45, 7) is -3.08. The number of nitrogens with zero attached hydrogens (tertiary/aromatic N) is 3. The third-order valence-corrected chi connectivity index (χ3v) is 2.94. The van der Waals surface area contributed by atoms with Crippen LogP contribution in [-0.4, -0.2) is 26.5 Å². The van der Waals surface area contributed by atoms with Crippen molar-refractivity contribution >= 4 is 24.0 Å². The van der Waals surface area contributed by atoms with Crippen molar-refractivity contribution in [3.05, 3.63) is 35.1 Å². The molecular weight excluding hydrogens is 313 g/mol. The Bertz CT molecular complexity index is 579. The van der Waals surface area contributed by atoms with Crippen LogP contribution in [0, 0.1) is 0 Å². The quantitative estimate of drug-likeness (QED) is 0.905. The minimum atomic E-state index is -2.82. The lowest BCUT2D eigenvalue weighted by Gasteiger charge is -2.12. The van der Waals surface area contributed by atoms with E-state index < -0.39 is 12.6 Å². The Morgan fingerprint density at radius 3 is 2.70 bits per heavy atom. The molecule has 0 amide bonds. The fourth-order valence-corrected chi connectivity index (χ4v) is 1.84. The second-order valence-corrected chi connectivity index (χ2v) is 4.24. The highest BCUT2D eigenvalue weighted by atomic mass is 35.5. The van der Waals surface area contributed by atoms with Gasteiger partial charge in [-0.25, -0.2) is 4.98 Å². The lowest BCUT2D eigenvalue weighted by atomic mass is 10.0. The van der Waals surface area contributed by atoms with Crippen LogP contribution in [0.1, 0.15) is 18.2 Å². The van der Waals surface area contributed by atoms with Gasteiger partial charge in [0.25, 0.3) is 0 Å². The van der Waals surface area contributed by atoms with E-state index in [-0.39, 0.29) is 29.9 Å². The Labute approximate surface area is 124 Å². The van der Waals surface area contributed by atoms with Crippen LogP contribution in [0.3, 0.4) is 0 Å². The number of rotatable bonds is 4. The van der Waals surface area contributed by atoms with Gasteiger partial charge in [0.2, 0.25) is 0 Å². The van der Waals surface area contributed by atoms with Gasteiger partial charge >= 0.3 is 6.55 Å². The fraction of sp³-hybridized carbons (Fsp3) is 0.273. The van der Waals surface area contributed by atoms with E-state index in [9.17, 15) is 8.78 Å². The van der Waals surface area contributed by atoms with Crippen molar-refractivity contribution in [3.8, 4) is 11.4 Å². The highest BCUT2D eigenvalue weighted by Crippen LogP contribution is 2.30. The van der Waals surface area contributed by atoms with Crippen molar-refractivity contribution in [2.45, 2.75) is 12.6 Å². The lowest BCUT2D eigenvalue weighted by Crippen LogP contribution is -2.14. The molecule has 0 aliphatic heterocycles. The number of benzene rings is 1. The molecule has 1 unspecified atom stereocenters. The van der Waals surface area contributed by atoms with Crippen molar-refractivity contribution in [1.29, 1.82) is 0 Å². The van der Waals surface area contributed by atoms with E-state index in [0.717, 1.165) is 6.33 Å². The maximum absolute atomic E-state index is 12.8. The van der Waals surface area contributed by atoms with Crippen LogP contribution in [0.15, 0.2) is 24.5 Å². The van der Waals surface area contributed by atoms with Crippen LogP contribution >= 0.6 is 24.0 Å². The van der Waals surface area contributed by atoms with E-state index in [0.29, 0.717) is 15.8 Å². The summed E-state index contributed by atoms with van der Waals surface area (Å²) in [5.41, 5.74) is 6.55. The molecule has 1 aromatic carbocycles. The zero-order valence-corrected chi connectivity index (χ0v) is 11.7. The van der Waals surface area contributed by atoms with Crippen LogP contribution in [0.25, 0.3) is 11.4 Å². The van der Waals surface area contributed by atoms with Gasteiger partial charge in [0.05, 0.1) is 17.7 Å². The van der Waals surface area contributed by atoms with Crippen LogP contribution in [-0.2, 0) is 0 Å². The normalized spacial score (nSPS) is 12.3. The van der Waals surface area contributed by atoms with Gasteiger partial charge in [-0.2, -0.15) is 18.6 Å². The maximum Gasteiger partial charge on any atom is 0.335 e. The summed E-state index contributed by atoms with van der Waals surface area (Å²) in [6, 6.07) is 4.05. The second-order valence-electron chi connectivity index (χ2n) is 3.83. The molecule has 5 nitrogen and oxygen atoms in total. The lowest BCUT2D eigenvalue weighted by molar-refractivity contribution is 0.0582. The van der Waals surface area contributed by atoms with Crippen molar-refractivity contribution in [3.63, 3.8) is 0 Å². The number of nitrogens with two attached hydrogens (primary N) is 1. The largest absolute Gasteiger partial charge is 0.394 e. The molecular formula is C11H12Cl2F2N4O. The molecule has 0 saturated carbocycles. The molecule has 9 heteroatoms. The van der Waals surface area contributed by atoms with E-state index in [2.05, 4.69) is 10.1 Å². The summed E-state index contributed by atoms with van der Waals surface area (Å²) >= 11 is 5.98. The molecule has 3 N–H and O–H groups in total. The number of hydrogen-bond donors (Lipinski definition) is 2. The fourth-order valence-electron chi connectivity index (χ4n) is 1.64. The van der Waals surface area contributed by atoms with Gasteiger partial charge < -0.3 is 10.8 Å². The van der Waals surface area contributed by atoms with Crippen LogP contribution in [0.2, 0.25) is 5.02 Å². The Morgan fingerprint density at radius 2 is 2.10 bits per heavy atom. The van der Waals surface area contributed by atoms with Gasteiger partial charge in [-0.15, -0.1) is 12.4 Å². The first-order valence-electron chi connectivity index (χ1n) is 5.38. The van der Waals surface area contributed by atoms with E-state index in [1.807, 2.05) is 0 Å². The summed E-state index contributed by atoms with van der Waals surface area (Å²) in [6.07, 6.45) is 1.02. The van der Waals surface area contributed by atoms with Gasteiger partial charge in [-0.3, -0.25) is 0 Å². The molecule has 0 radical (unpaired) electrons. The van der Waals surface area contributed by atoms with Crippen molar-refractivity contribution in [2.75, 3.05) is 6.61 Å². The van der Waals surface area contributed by atoms with Gasteiger partial charge in [0, 0.05) is 5.56 Å². The Kier molecular flexibility index (Phi) is 5.82. The SMILES string of the molecule is Cl.NC(CO)c1ccc(Cl)c(-c2ncnn2C(F)F)c1. The van der Waals surface area contributed by atoms with Crippen LogP contribution < -0.4 is 5.73 Å². The second kappa shape index (κ2) is 6.94. The molecule has 1 atom stereocenters. The van der Waals surface area contributed by atoms with Gasteiger partial charge in [0.15, 0.2) is 5.82 Å². The molecule has 0 aliphatic rings. The summed E-state index contributed by atoms with van der Waals surface area (Å²) in [5.74, 6) is -0.0491. The third-order valence-electron chi connectivity index (χ3n) is 2.61. The molecule has 1 aromatic heterocycles. The maximum atomic E-state index is 12.8. The number of hydrogen-bond acceptors (Lipinski definition) is 4. The van der Waals surface area contributed by atoms with E-state index in [1.165, 1.54) is 12.1 Å². The molecule has 0 spiro atoms. The summed E-state index contributed by atoms with van der Waals surface area (Å²) < 4.78 is 26.0. The van der Waals surface area contributed by atoms with Crippen LogP contribution in [0.4, 0.5) is 8.78 Å². The van der Waals surface area contributed by atoms with Gasteiger partial charge in [-0.05, 0) is 17.7 Å². The summed E-state index contributed by atoms with van der Waals surface area (Å²) in [5, 5.41) is 12.7. The van der Waals surface area contributed by atoms with Gasteiger partial charge in [-0.1, -0.05) is 17.7 Å². The first-order chi connectivity index (χ1) is 9.04. The molecule has 0 bridgehead atoms. The first kappa shape index (κ1) is 16.8. The molecule has 1 heterocycles. The van der Waals surface area contributed by atoms with E-state index >= 15 is 0 Å². The average Bonchev–Trinajstić information content (AvgIpc) is 2.87. The number of alkyl halides is 2. The zero-order chi connectivity index (χ0) is 14.0. The topological polar surface area (TPSA) is 77.0 Å². The standard InChI is InChI=1S/C11H11ClF2N4O.ClH/c12-8-2-1-6(9(15)4-19)3-7(8)10-16-5-17-18(10)11(13)14;/h1-3,5,9,11,19H,4,15H2;1H. The van der Waals surface area contributed by atoms with Crippen molar-refractivity contribution in [1.82, 2.24) is 14.8 Å². The minimum absolute atomic E-state index is 0. The van der Waals surface area contributed by atoms with Gasteiger partial charge in [0.1, 0.15) is 6.33 Å². The average molecular weight is 325 g/mol. The summed E-state index contributed by atoms with van der Waals surface area (Å²) in [4.78, 5) is 3.78. The minimum Gasteiger partial charge on any atom is -0.394 e. The number of aliphatic hydroxyl groups excluding tert-OH is 1. The third kappa shape index (κ3) is 3.24. The monoisotopic (exact) mass is 324 g/mol. The highest BCUT2D eigenvalue weighted by Gasteiger charge is 2.18. The Balaban J connectivity index is 0.00000200. The molecule has 110 valence electrons. The highest BCUT2D eigenvalue weighted by molar-refractivity contribution is 6.33. The first-order valence-corrected chi connectivity index (χ1v) is 5.76. The zero-order valence-electron chi connectivity index (χ0n) is 10.1. The summed E-state index contributed by atoms with van der Waals surface area (Å²) in [7, 11) is 0. The molecule has 2 aromatic rings. The number of halogens is 4. The molecule has 0 saturated heterocycles. The Morgan fingerprint density at radius 1 is 1.40 bits per heavy atom. The molecule has 20 heavy (non-hydrogen) atoms. The molecule has 2 rings (SSSR count). The van der Waals surface area contributed by atoms with Crippen molar-refractivity contribution < 1.29 is 13.9 Å². The predicted molar refractivity (Wildman–Crippen MR) is 73.0 cm³/mol. The molecule has 0 aliphatic carbocycles. The van der Waals surface area contributed by atoms with Crippen LogP contribution in [0.5, 0.6) is 0 Å². The van der Waals surface area contributed by atoms with Crippen molar-refractivity contribution in [2.24, 2.45) is 5.73 Å². The molecule has 0 fully saturated rings. The predicted octanol–water partition coefficient (Wildman–Crippen LogP) is 2.41.